The second-order valence-electron chi connectivity index (χ2n) is 9.82. The van der Waals surface area contributed by atoms with Crippen LogP contribution in [0.15, 0.2) is 69.0 Å². The van der Waals surface area contributed by atoms with Crippen molar-refractivity contribution in [1.29, 1.82) is 0 Å². The molecule has 0 aliphatic heterocycles. The molecule has 0 saturated heterocycles. The van der Waals surface area contributed by atoms with Crippen molar-refractivity contribution in [3.05, 3.63) is 89.4 Å². The molecule has 1 amide bonds. The van der Waals surface area contributed by atoms with E-state index in [0.29, 0.717) is 54.7 Å². The van der Waals surface area contributed by atoms with E-state index in [4.69, 9.17) is 26.1 Å². The first-order chi connectivity index (χ1) is 19.0. The van der Waals surface area contributed by atoms with Gasteiger partial charge >= 0.3 is 0 Å². The van der Waals surface area contributed by atoms with Crippen LogP contribution in [0.2, 0.25) is 5.02 Å². The van der Waals surface area contributed by atoms with Crippen LogP contribution in [0.1, 0.15) is 39.1 Å². The maximum absolute atomic E-state index is 13.5. The zero-order chi connectivity index (χ0) is 29.0. The normalized spacial score (nSPS) is 11.7. The van der Waals surface area contributed by atoms with Crippen molar-refractivity contribution in [3.8, 4) is 11.5 Å². The number of fused-ring (bicyclic) bond motifs is 1. The first-order valence-electron chi connectivity index (χ1n) is 12.4. The van der Waals surface area contributed by atoms with Crippen LogP contribution in [0.25, 0.3) is 10.9 Å². The Kier molecular flexibility index (Phi) is 9.52. The molecule has 0 aliphatic carbocycles. The van der Waals surface area contributed by atoms with Gasteiger partial charge < -0.3 is 14.8 Å². The van der Waals surface area contributed by atoms with E-state index in [1.807, 2.05) is 45.9 Å². The number of halogens is 3. The number of anilines is 1. The minimum Gasteiger partial charge on any atom is -0.490 e. The molecule has 8 nitrogen and oxygen atoms in total. The summed E-state index contributed by atoms with van der Waals surface area (Å²) in [6.07, 6.45) is 1.59. The molecule has 0 fully saturated rings. The minimum atomic E-state index is -0.438. The summed E-state index contributed by atoms with van der Waals surface area (Å²) in [6, 6.07) is 15.8. The minimum absolute atomic E-state index is 0.213. The van der Waals surface area contributed by atoms with Crippen molar-refractivity contribution in [2.24, 2.45) is 5.10 Å². The van der Waals surface area contributed by atoms with Crippen molar-refractivity contribution in [1.82, 2.24) is 9.66 Å². The number of amides is 1. The Hall–Kier alpha value is -2.96. The van der Waals surface area contributed by atoms with Gasteiger partial charge in [-0.15, -0.1) is 0 Å². The quantitative estimate of drug-likeness (QED) is 0.155. The van der Waals surface area contributed by atoms with E-state index in [-0.39, 0.29) is 18.1 Å². The van der Waals surface area contributed by atoms with Crippen molar-refractivity contribution in [2.75, 3.05) is 18.5 Å². The van der Waals surface area contributed by atoms with Crippen LogP contribution in [-0.4, -0.2) is 35.0 Å². The molecule has 1 heterocycles. The molecule has 0 saturated carbocycles. The number of nitrogens with one attached hydrogen (secondary N) is 1. The Balaban J connectivity index is 1.63. The summed E-state index contributed by atoms with van der Waals surface area (Å²) in [5.74, 6) is 1.11. The van der Waals surface area contributed by atoms with Gasteiger partial charge in [-0.2, -0.15) is 9.78 Å². The monoisotopic (exact) mass is 736 g/mol. The summed E-state index contributed by atoms with van der Waals surface area (Å²) < 4.78 is 14.5. The van der Waals surface area contributed by atoms with Crippen LogP contribution in [0.5, 0.6) is 11.5 Å². The second-order valence-corrected chi connectivity index (χ2v) is 12.3. The summed E-state index contributed by atoms with van der Waals surface area (Å²) in [5, 5.41) is 8.36. The van der Waals surface area contributed by atoms with Crippen LogP contribution in [0, 0.1) is 3.57 Å². The van der Waals surface area contributed by atoms with E-state index < -0.39 is 5.41 Å². The Morgan fingerprint density at radius 2 is 1.88 bits per heavy atom. The summed E-state index contributed by atoms with van der Waals surface area (Å²) in [7, 11) is 0. The third-order valence-corrected chi connectivity index (χ3v) is 7.16. The topological polar surface area (TPSA) is 94.8 Å². The molecule has 3 aromatic carbocycles. The van der Waals surface area contributed by atoms with Crippen LogP contribution < -0.4 is 20.3 Å². The maximum Gasteiger partial charge on any atom is 0.282 e. The van der Waals surface area contributed by atoms with Crippen molar-refractivity contribution in [3.63, 3.8) is 0 Å². The van der Waals surface area contributed by atoms with E-state index in [0.717, 1.165) is 4.47 Å². The highest BCUT2D eigenvalue weighted by Gasteiger charge is 2.23. The lowest BCUT2D eigenvalue weighted by Crippen LogP contribution is -2.29. The van der Waals surface area contributed by atoms with Crippen molar-refractivity contribution < 1.29 is 14.3 Å². The number of hydrogen-bond acceptors (Lipinski definition) is 6. The van der Waals surface area contributed by atoms with Gasteiger partial charge in [-0.1, -0.05) is 48.3 Å². The van der Waals surface area contributed by atoms with E-state index in [1.165, 1.54) is 4.68 Å². The average molecular weight is 738 g/mol. The van der Waals surface area contributed by atoms with Gasteiger partial charge in [0.25, 0.3) is 11.5 Å². The Morgan fingerprint density at radius 3 is 2.55 bits per heavy atom. The predicted molar refractivity (Wildman–Crippen MR) is 171 cm³/mol. The SMILES string of the molecule is CCOc1cc(C=Nn2c(C(C)(C)C)nc3ccc(Br)cc3c2=O)cc(I)c1OCC(=O)Nc1ccc(Cl)cc1. The van der Waals surface area contributed by atoms with Crippen LogP contribution in [0.3, 0.4) is 0 Å². The molecule has 1 N–H and O–H groups in total. The molecular formula is C29H27BrClIN4O4. The van der Waals surface area contributed by atoms with Crippen molar-refractivity contribution >= 4 is 78.8 Å². The standard InChI is InChI=1S/C29H27BrClIN4O4/c1-5-39-24-13-17(12-22(32)26(24)40-16-25(37)34-20-9-7-19(31)8-10-20)15-33-36-27(38)21-14-18(30)6-11-23(21)35-28(36)29(2,3)4/h6-15H,5,16H2,1-4H3,(H,34,37). The number of nitrogens with zero attached hydrogens (tertiary/aromatic N) is 3. The molecular weight excluding hydrogens is 711 g/mol. The van der Waals surface area contributed by atoms with Crippen LogP contribution in [-0.2, 0) is 10.2 Å². The molecule has 4 rings (SSSR count). The lowest BCUT2D eigenvalue weighted by atomic mass is 9.95. The molecule has 11 heteroatoms. The Labute approximate surface area is 259 Å². The van der Waals surface area contributed by atoms with E-state index in [2.05, 4.69) is 48.9 Å². The van der Waals surface area contributed by atoms with E-state index in [1.54, 1.807) is 42.6 Å². The van der Waals surface area contributed by atoms with Crippen molar-refractivity contribution in [2.45, 2.75) is 33.1 Å². The molecule has 0 spiro atoms. The zero-order valence-corrected chi connectivity index (χ0v) is 26.8. The third-order valence-electron chi connectivity index (χ3n) is 5.61. The van der Waals surface area contributed by atoms with E-state index >= 15 is 0 Å². The third kappa shape index (κ3) is 7.21. The molecule has 0 radical (unpaired) electrons. The fourth-order valence-corrected chi connectivity index (χ4v) is 5.07. The number of hydrogen-bond donors (Lipinski definition) is 1. The first-order valence-corrected chi connectivity index (χ1v) is 14.6. The molecule has 4 aromatic rings. The van der Waals surface area contributed by atoms with Gasteiger partial charge in [-0.3, -0.25) is 9.59 Å². The average Bonchev–Trinajstić information content (AvgIpc) is 2.89. The highest BCUT2D eigenvalue weighted by atomic mass is 127. The fraction of sp³-hybridized carbons (Fsp3) is 0.241. The number of carbonyl (C=O) groups excluding carboxylic acids is 1. The Bertz CT molecular complexity index is 1650. The van der Waals surface area contributed by atoms with Gasteiger partial charge in [0.15, 0.2) is 18.1 Å². The van der Waals surface area contributed by atoms with E-state index in [9.17, 15) is 9.59 Å². The summed E-state index contributed by atoms with van der Waals surface area (Å²) in [4.78, 5) is 30.7. The second kappa shape index (κ2) is 12.7. The summed E-state index contributed by atoms with van der Waals surface area (Å²) in [5.41, 5.74) is 1.21. The largest absolute Gasteiger partial charge is 0.490 e. The molecule has 0 aliphatic rings. The number of rotatable bonds is 8. The van der Waals surface area contributed by atoms with Gasteiger partial charge in [0.1, 0.15) is 5.82 Å². The lowest BCUT2D eigenvalue weighted by Gasteiger charge is -2.21. The van der Waals surface area contributed by atoms with Gasteiger partial charge in [0, 0.05) is 20.6 Å². The summed E-state index contributed by atoms with van der Waals surface area (Å²) in [6.45, 7) is 7.99. The predicted octanol–water partition coefficient (Wildman–Crippen LogP) is 7.01. The number of ether oxygens (including phenoxy) is 2. The number of benzene rings is 3. The Morgan fingerprint density at radius 1 is 1.15 bits per heavy atom. The van der Waals surface area contributed by atoms with Crippen LogP contribution >= 0.6 is 50.1 Å². The summed E-state index contributed by atoms with van der Waals surface area (Å²) >= 11 is 11.5. The first kappa shape index (κ1) is 30.0. The maximum atomic E-state index is 13.5. The van der Waals surface area contributed by atoms with Crippen LogP contribution in [0.4, 0.5) is 5.69 Å². The smallest absolute Gasteiger partial charge is 0.282 e. The molecule has 1 aromatic heterocycles. The molecule has 0 bridgehead atoms. The highest BCUT2D eigenvalue weighted by Crippen LogP contribution is 2.34. The molecule has 0 atom stereocenters. The lowest BCUT2D eigenvalue weighted by molar-refractivity contribution is -0.118. The number of carbonyl (C=O) groups is 1. The highest BCUT2D eigenvalue weighted by molar-refractivity contribution is 14.1. The fourth-order valence-electron chi connectivity index (χ4n) is 3.80. The molecule has 40 heavy (non-hydrogen) atoms. The van der Waals surface area contributed by atoms with Gasteiger partial charge in [0.05, 0.1) is 27.3 Å². The van der Waals surface area contributed by atoms with Gasteiger partial charge in [-0.25, -0.2) is 4.98 Å². The number of aromatic nitrogens is 2. The molecule has 208 valence electrons. The zero-order valence-electron chi connectivity index (χ0n) is 22.3. The van der Waals surface area contributed by atoms with Gasteiger partial charge in [0.2, 0.25) is 0 Å². The van der Waals surface area contributed by atoms with Gasteiger partial charge in [-0.05, 0) is 89.7 Å². The molecule has 0 unspecified atom stereocenters.